The number of nitriles is 1. The third kappa shape index (κ3) is 4.93. The number of nitrogens with one attached hydrogen (secondary N) is 2. The minimum atomic E-state index is -0.394. The molecule has 0 spiro atoms. The summed E-state index contributed by atoms with van der Waals surface area (Å²) in [6.07, 6.45) is 5.12. The molecule has 1 aromatic carbocycles. The molecular weight excluding hydrogens is 554 g/mol. The number of hydrogen-bond donors (Lipinski definition) is 2. The summed E-state index contributed by atoms with van der Waals surface area (Å²) >= 11 is 5.07. The Labute approximate surface area is 226 Å². The molecule has 4 aromatic rings. The van der Waals surface area contributed by atoms with E-state index in [9.17, 15) is 10.1 Å². The van der Waals surface area contributed by atoms with Crippen molar-refractivity contribution in [2.45, 2.75) is 52.0 Å². The lowest BCUT2D eigenvalue weighted by molar-refractivity contribution is -0.129. The van der Waals surface area contributed by atoms with Gasteiger partial charge in [-0.1, -0.05) is 18.3 Å². The predicted octanol–water partition coefficient (Wildman–Crippen LogP) is 4.58. The molecule has 190 valence electrons. The summed E-state index contributed by atoms with van der Waals surface area (Å²) in [5.41, 5.74) is 3.06. The summed E-state index contributed by atoms with van der Waals surface area (Å²) in [6.45, 7) is 3.92. The molecule has 0 aliphatic heterocycles. The lowest BCUT2D eigenvalue weighted by atomic mass is 9.87. The number of halogens is 1. The fourth-order valence-corrected chi connectivity index (χ4v) is 6.09. The van der Waals surface area contributed by atoms with Gasteiger partial charge in [0.05, 0.1) is 17.1 Å². The molecule has 1 aliphatic carbocycles. The van der Waals surface area contributed by atoms with E-state index in [-0.39, 0.29) is 11.9 Å². The summed E-state index contributed by atoms with van der Waals surface area (Å²) in [5, 5.41) is 31.0. The highest BCUT2D eigenvalue weighted by Gasteiger charge is 2.41. The second kappa shape index (κ2) is 10.1. The number of amides is 1. The highest BCUT2D eigenvalue weighted by molar-refractivity contribution is 9.10. The van der Waals surface area contributed by atoms with E-state index in [0.29, 0.717) is 35.5 Å². The predicted molar refractivity (Wildman–Crippen MR) is 145 cm³/mol. The van der Waals surface area contributed by atoms with Gasteiger partial charge in [-0.25, -0.2) is 9.67 Å². The molecule has 1 saturated carbocycles. The number of nitrogens with zero attached hydrogens (tertiary/aromatic N) is 7. The van der Waals surface area contributed by atoms with Gasteiger partial charge in [-0.2, -0.15) is 15.3 Å². The smallest absolute Gasteiger partial charge is 0.225 e. The quantitative estimate of drug-likeness (QED) is 0.325. The van der Waals surface area contributed by atoms with Gasteiger partial charge in [0.2, 0.25) is 11.9 Å². The average Bonchev–Trinajstić information content (AvgIpc) is 3.59. The van der Waals surface area contributed by atoms with E-state index in [1.54, 1.807) is 17.9 Å². The second-order valence-electron chi connectivity index (χ2n) is 9.48. The largest absolute Gasteiger partial charge is 0.359 e. The third-order valence-corrected chi connectivity index (χ3v) is 8.28. The molecule has 0 bridgehead atoms. The van der Waals surface area contributed by atoms with Crippen LogP contribution in [-0.2, 0) is 11.2 Å². The summed E-state index contributed by atoms with van der Waals surface area (Å²) < 4.78 is 2.42. The van der Waals surface area contributed by atoms with Crippen LogP contribution in [0.25, 0.3) is 27.3 Å². The first-order chi connectivity index (χ1) is 17.8. The van der Waals surface area contributed by atoms with Crippen molar-refractivity contribution in [3.05, 3.63) is 39.6 Å². The Morgan fingerprint density at radius 2 is 2.22 bits per heavy atom. The normalized spacial score (nSPS) is 19.2. The van der Waals surface area contributed by atoms with Crippen LogP contribution < -0.4 is 10.6 Å². The SMILES string of the molecule is CNC(=O)[C@]1(C)CC[C@@H](Nc2ncc3c(Br)nn(-c4ccc(-c5nnc(C)s5)c(CCC#N)c4)c3n2)C1. The molecule has 3 heterocycles. The Kier molecular flexibility index (Phi) is 6.92. The van der Waals surface area contributed by atoms with E-state index >= 15 is 0 Å². The Hall–Kier alpha value is -3.43. The zero-order chi connectivity index (χ0) is 26.2. The van der Waals surface area contributed by atoms with Crippen LogP contribution in [0, 0.1) is 23.7 Å². The molecule has 1 amide bonds. The first-order valence-corrected chi connectivity index (χ1v) is 13.6. The molecule has 5 rings (SSSR count). The molecule has 2 atom stereocenters. The molecular formula is C25H26BrN9OS. The van der Waals surface area contributed by atoms with E-state index in [2.05, 4.69) is 52.9 Å². The van der Waals surface area contributed by atoms with Crippen LogP contribution in [0.1, 0.15) is 43.2 Å². The van der Waals surface area contributed by atoms with Crippen molar-refractivity contribution in [3.63, 3.8) is 0 Å². The maximum absolute atomic E-state index is 12.3. The lowest BCUT2D eigenvalue weighted by Crippen LogP contribution is -2.35. The topological polar surface area (TPSA) is 134 Å². The monoisotopic (exact) mass is 579 g/mol. The number of rotatable bonds is 7. The van der Waals surface area contributed by atoms with Crippen LogP contribution in [0.2, 0.25) is 0 Å². The fraction of sp³-hybridized carbons (Fsp3) is 0.400. The Bertz CT molecular complexity index is 1520. The van der Waals surface area contributed by atoms with Gasteiger partial charge in [0.25, 0.3) is 0 Å². The highest BCUT2D eigenvalue weighted by atomic mass is 79.9. The van der Waals surface area contributed by atoms with Gasteiger partial charge in [-0.3, -0.25) is 4.79 Å². The minimum absolute atomic E-state index is 0.0644. The maximum Gasteiger partial charge on any atom is 0.225 e. The number of aromatic nitrogens is 6. The van der Waals surface area contributed by atoms with Crippen molar-refractivity contribution >= 4 is 50.2 Å². The molecule has 3 aromatic heterocycles. The minimum Gasteiger partial charge on any atom is -0.359 e. The maximum atomic E-state index is 12.3. The molecule has 12 heteroatoms. The van der Waals surface area contributed by atoms with Crippen molar-refractivity contribution in [1.29, 1.82) is 5.26 Å². The van der Waals surface area contributed by atoms with Crippen LogP contribution in [0.4, 0.5) is 5.95 Å². The van der Waals surface area contributed by atoms with Crippen LogP contribution in [0.15, 0.2) is 29.0 Å². The lowest BCUT2D eigenvalue weighted by Gasteiger charge is -2.22. The summed E-state index contributed by atoms with van der Waals surface area (Å²) in [5.74, 6) is 0.562. The van der Waals surface area contributed by atoms with E-state index in [1.165, 1.54) is 11.3 Å². The summed E-state index contributed by atoms with van der Waals surface area (Å²) in [4.78, 5) is 21.6. The van der Waals surface area contributed by atoms with Gasteiger partial charge in [0.1, 0.15) is 14.6 Å². The van der Waals surface area contributed by atoms with Gasteiger partial charge in [-0.15, -0.1) is 10.2 Å². The molecule has 0 unspecified atom stereocenters. The summed E-state index contributed by atoms with van der Waals surface area (Å²) in [6, 6.07) is 8.35. The van der Waals surface area contributed by atoms with Crippen molar-refractivity contribution in [2.24, 2.45) is 5.41 Å². The average molecular weight is 581 g/mol. The number of fused-ring (bicyclic) bond motifs is 1. The third-order valence-electron chi connectivity index (χ3n) is 6.83. The van der Waals surface area contributed by atoms with Crippen LogP contribution in [-0.4, -0.2) is 48.9 Å². The van der Waals surface area contributed by atoms with Gasteiger partial charge in [0.15, 0.2) is 5.65 Å². The van der Waals surface area contributed by atoms with E-state index in [1.807, 2.05) is 32.0 Å². The van der Waals surface area contributed by atoms with Crippen molar-refractivity contribution in [2.75, 3.05) is 12.4 Å². The molecule has 10 nitrogen and oxygen atoms in total. The Morgan fingerprint density at radius 3 is 2.95 bits per heavy atom. The number of aryl methyl sites for hydroxylation is 2. The number of carbonyl (C=O) groups excluding carboxylic acids is 1. The zero-order valence-corrected chi connectivity index (χ0v) is 23.1. The molecule has 1 aliphatic rings. The second-order valence-corrected chi connectivity index (χ2v) is 11.4. The van der Waals surface area contributed by atoms with Crippen molar-refractivity contribution in [3.8, 4) is 22.3 Å². The summed E-state index contributed by atoms with van der Waals surface area (Å²) in [7, 11) is 1.68. The van der Waals surface area contributed by atoms with E-state index < -0.39 is 5.41 Å². The first-order valence-electron chi connectivity index (χ1n) is 12.0. The highest BCUT2D eigenvalue weighted by Crippen LogP contribution is 2.39. The van der Waals surface area contributed by atoms with Crippen LogP contribution in [0.5, 0.6) is 0 Å². The standard InChI is InChI=1S/C25H26BrN9OS/c1-14-32-33-22(37-14)18-7-6-17(11-15(18)5-4-10-27)35-21-19(20(26)34-35)13-29-24(31-21)30-16-8-9-25(2,12-16)23(36)28-3/h6-7,11,13,16H,4-5,8-9,12H2,1-3H3,(H,28,36)(H,29,30,31)/t16-,25-/m1/s1. The Balaban J connectivity index is 1.48. The van der Waals surface area contributed by atoms with Crippen molar-refractivity contribution in [1.82, 2.24) is 35.3 Å². The number of carbonyl (C=O) groups is 1. The molecule has 1 fully saturated rings. The van der Waals surface area contributed by atoms with Gasteiger partial charge in [0, 0.05) is 36.7 Å². The van der Waals surface area contributed by atoms with Crippen LogP contribution >= 0.6 is 27.3 Å². The molecule has 0 radical (unpaired) electrons. The molecule has 2 N–H and O–H groups in total. The van der Waals surface area contributed by atoms with Gasteiger partial charge >= 0.3 is 0 Å². The number of benzene rings is 1. The fourth-order valence-electron chi connectivity index (χ4n) is 4.90. The Morgan fingerprint density at radius 1 is 1.38 bits per heavy atom. The zero-order valence-electron chi connectivity index (χ0n) is 20.7. The van der Waals surface area contributed by atoms with Crippen molar-refractivity contribution < 1.29 is 4.79 Å². The van der Waals surface area contributed by atoms with E-state index in [0.717, 1.165) is 45.1 Å². The van der Waals surface area contributed by atoms with Gasteiger partial charge < -0.3 is 10.6 Å². The molecule has 0 saturated heterocycles. The van der Waals surface area contributed by atoms with Gasteiger partial charge in [-0.05, 0) is 72.3 Å². The van der Waals surface area contributed by atoms with Crippen LogP contribution in [0.3, 0.4) is 0 Å². The number of anilines is 1. The first kappa shape index (κ1) is 25.2. The van der Waals surface area contributed by atoms with E-state index in [4.69, 9.17) is 4.98 Å². The number of hydrogen-bond acceptors (Lipinski definition) is 9. The molecule has 37 heavy (non-hydrogen) atoms.